The second kappa shape index (κ2) is 12.3. The van der Waals surface area contributed by atoms with Crippen molar-refractivity contribution in [2.75, 3.05) is 29.8 Å². The van der Waals surface area contributed by atoms with Gasteiger partial charge in [0.1, 0.15) is 41.5 Å². The van der Waals surface area contributed by atoms with Gasteiger partial charge < -0.3 is 15.0 Å². The number of fused-ring (bicyclic) bond motifs is 1. The first-order chi connectivity index (χ1) is 21.4. The Balaban J connectivity index is 1.50. The number of aromatic nitrogens is 3. The first kappa shape index (κ1) is 29.0. The number of carbonyl (C=O) groups excluding carboxylic acids is 2. The van der Waals surface area contributed by atoms with Crippen LogP contribution < -0.4 is 19.7 Å². The highest BCUT2D eigenvalue weighted by Gasteiger charge is 2.32. The maximum Gasteiger partial charge on any atom is 0.264 e. The number of allylic oxidation sites excluding steroid dienone is 1. The van der Waals surface area contributed by atoms with Crippen LogP contribution in [0.25, 0.3) is 22.0 Å². The molecule has 1 amide bonds. The van der Waals surface area contributed by atoms with Gasteiger partial charge in [-0.25, -0.2) is 36.5 Å². The predicted octanol–water partition coefficient (Wildman–Crippen LogP) is 3.76. The number of pyridine rings is 1. The summed E-state index contributed by atoms with van der Waals surface area (Å²) in [7, 11) is -3.36. The predicted molar refractivity (Wildman–Crippen MR) is 155 cm³/mol. The lowest BCUT2D eigenvalue weighted by molar-refractivity contribution is -0.117. The van der Waals surface area contributed by atoms with Gasteiger partial charge in [0.2, 0.25) is 11.8 Å². The first-order valence-corrected chi connectivity index (χ1v) is 14.6. The molecule has 1 aliphatic heterocycles. The highest BCUT2D eigenvalue weighted by Crippen LogP contribution is 2.37. The minimum Gasteiger partial charge on any atom is -0.480 e. The van der Waals surface area contributed by atoms with Crippen molar-refractivity contribution in [1.29, 1.82) is 0 Å². The van der Waals surface area contributed by atoms with E-state index in [1.54, 1.807) is 4.90 Å². The quantitative estimate of drug-likeness (QED) is 0.251. The van der Waals surface area contributed by atoms with Crippen LogP contribution in [-0.4, -0.2) is 61.3 Å². The molecule has 44 heavy (non-hydrogen) atoms. The standard InChI is InChI=1S/C29H25F3N6O5S/c1-16(39)3-8-25(40)33-14-19-9-10-38(19)28-26-22(35-15-36-28)6-5-20(27(26)32)17-11-23(29(43-2)34-13-17)37-44(41,42)24-7-4-18(30)12-21(24)31/h3-8,11-13,15,19,37H,9-10,14H2,1-2H3,(H,33,40)/b8-3+/i15D. The number of carbonyl (C=O) groups is 2. The molecule has 1 unspecified atom stereocenters. The van der Waals surface area contributed by atoms with Crippen LogP contribution in [-0.2, 0) is 19.6 Å². The summed E-state index contributed by atoms with van der Waals surface area (Å²) in [6.45, 7) is 1.94. The average Bonchev–Trinajstić information content (AvgIpc) is 2.95. The fraction of sp³-hybridized carbons (Fsp3) is 0.207. The molecule has 1 saturated heterocycles. The van der Waals surface area contributed by atoms with E-state index < -0.39 is 38.3 Å². The van der Waals surface area contributed by atoms with Crippen LogP contribution in [0.2, 0.25) is 0 Å². The van der Waals surface area contributed by atoms with E-state index in [0.717, 1.165) is 24.3 Å². The van der Waals surface area contributed by atoms with Crippen LogP contribution in [0.1, 0.15) is 14.7 Å². The van der Waals surface area contributed by atoms with E-state index in [1.165, 1.54) is 38.4 Å². The van der Waals surface area contributed by atoms with Crippen LogP contribution in [0, 0.1) is 17.5 Å². The summed E-state index contributed by atoms with van der Waals surface area (Å²) in [6, 6.07) is 5.79. The van der Waals surface area contributed by atoms with Crippen LogP contribution in [0.15, 0.2) is 65.9 Å². The number of amides is 1. The number of hydrogen-bond donors (Lipinski definition) is 2. The molecule has 1 aliphatic rings. The Morgan fingerprint density at radius 3 is 2.61 bits per heavy atom. The fourth-order valence-electron chi connectivity index (χ4n) is 4.62. The van der Waals surface area contributed by atoms with E-state index in [0.29, 0.717) is 19.0 Å². The normalized spacial score (nSPS) is 15.2. The van der Waals surface area contributed by atoms with Gasteiger partial charge in [-0.1, -0.05) is 0 Å². The molecule has 2 N–H and O–H groups in total. The zero-order valence-corrected chi connectivity index (χ0v) is 24.1. The molecule has 15 heteroatoms. The van der Waals surface area contributed by atoms with E-state index in [9.17, 15) is 26.8 Å². The molecule has 0 spiro atoms. The number of halogens is 3. The zero-order valence-electron chi connectivity index (χ0n) is 24.3. The summed E-state index contributed by atoms with van der Waals surface area (Å²) in [6.07, 6.45) is 3.79. The highest BCUT2D eigenvalue weighted by atomic mass is 32.2. The molecule has 1 atom stereocenters. The third-order valence-corrected chi connectivity index (χ3v) is 8.25. The molecular weight excluding hydrogens is 601 g/mol. The van der Waals surface area contributed by atoms with Crippen LogP contribution in [0.5, 0.6) is 5.88 Å². The summed E-state index contributed by atoms with van der Waals surface area (Å²) in [4.78, 5) is 36.4. The number of nitrogens with one attached hydrogen (secondary N) is 2. The van der Waals surface area contributed by atoms with Crippen LogP contribution in [0.4, 0.5) is 24.7 Å². The average molecular weight is 628 g/mol. The maximum atomic E-state index is 16.3. The number of rotatable bonds is 10. The second-order valence-electron chi connectivity index (χ2n) is 9.75. The lowest BCUT2D eigenvalue weighted by atomic mass is 9.99. The zero-order chi connectivity index (χ0) is 32.5. The number of ether oxygens (including phenoxy) is 1. The Morgan fingerprint density at radius 1 is 1.14 bits per heavy atom. The molecule has 5 rings (SSSR count). The summed E-state index contributed by atoms with van der Waals surface area (Å²) in [5.41, 5.74) is -0.0143. The van der Waals surface area contributed by atoms with Crippen molar-refractivity contribution in [3.05, 3.63) is 78.5 Å². The van der Waals surface area contributed by atoms with E-state index in [-0.39, 0.29) is 64.1 Å². The molecule has 2 aromatic carbocycles. The summed E-state index contributed by atoms with van der Waals surface area (Å²) < 4.78 is 85.3. The number of nitrogens with zero attached hydrogens (tertiary/aromatic N) is 4. The highest BCUT2D eigenvalue weighted by molar-refractivity contribution is 7.92. The van der Waals surface area contributed by atoms with Gasteiger partial charge in [-0.15, -0.1) is 0 Å². The Bertz CT molecular complexity index is 1980. The molecule has 4 aromatic rings. The van der Waals surface area contributed by atoms with Gasteiger partial charge >= 0.3 is 0 Å². The Labute approximate surface area is 251 Å². The summed E-state index contributed by atoms with van der Waals surface area (Å²) in [5, 5.41) is 2.67. The van der Waals surface area contributed by atoms with Crippen molar-refractivity contribution in [3.8, 4) is 17.0 Å². The number of sulfonamides is 1. The Morgan fingerprint density at radius 2 is 1.93 bits per heavy atom. The molecule has 3 heterocycles. The molecular formula is C29H25F3N6O5S. The minimum atomic E-state index is -4.59. The molecule has 2 aromatic heterocycles. The van der Waals surface area contributed by atoms with Crippen LogP contribution >= 0.6 is 0 Å². The molecule has 0 radical (unpaired) electrons. The number of anilines is 2. The molecule has 228 valence electrons. The minimum absolute atomic E-state index is 0.0117. The third kappa shape index (κ3) is 6.17. The van der Waals surface area contributed by atoms with Gasteiger partial charge in [0, 0.05) is 48.6 Å². The smallest absolute Gasteiger partial charge is 0.264 e. The summed E-state index contributed by atoms with van der Waals surface area (Å²) in [5.74, 6) is -3.89. The summed E-state index contributed by atoms with van der Waals surface area (Å²) >= 11 is 0. The maximum absolute atomic E-state index is 16.3. The number of methoxy groups -OCH3 is 1. The van der Waals surface area contributed by atoms with E-state index in [2.05, 4.69) is 25.0 Å². The first-order valence-electron chi connectivity index (χ1n) is 13.6. The molecule has 0 aliphatic carbocycles. The number of hydrogen-bond acceptors (Lipinski definition) is 9. The molecule has 11 nitrogen and oxygen atoms in total. The fourth-order valence-corrected chi connectivity index (χ4v) is 5.72. The molecule has 1 fully saturated rings. The topological polar surface area (TPSA) is 143 Å². The van der Waals surface area contributed by atoms with Gasteiger partial charge in [0.05, 0.1) is 18.0 Å². The number of benzene rings is 2. The SMILES string of the molecule is [2H]c1nc(N2CCC2CNC(=O)/C=C/C(C)=O)c2c(F)c(-c3cnc(OC)c(NS(=O)(=O)c4ccc(F)cc4F)c3)ccc2n1. The monoisotopic (exact) mass is 627 g/mol. The van der Waals surface area contributed by atoms with Gasteiger partial charge in [-0.05, 0) is 49.8 Å². The van der Waals surface area contributed by atoms with Gasteiger partial charge in [0.25, 0.3) is 10.0 Å². The lowest BCUT2D eigenvalue weighted by Gasteiger charge is -2.42. The van der Waals surface area contributed by atoms with Crippen molar-refractivity contribution in [2.24, 2.45) is 0 Å². The van der Waals surface area contributed by atoms with Gasteiger partial charge in [-0.3, -0.25) is 14.3 Å². The lowest BCUT2D eigenvalue weighted by Crippen LogP contribution is -2.54. The van der Waals surface area contributed by atoms with Crippen molar-refractivity contribution >= 4 is 44.1 Å². The van der Waals surface area contributed by atoms with E-state index in [1.807, 2.05) is 0 Å². The van der Waals surface area contributed by atoms with Crippen molar-refractivity contribution in [1.82, 2.24) is 20.3 Å². The number of ketones is 1. The van der Waals surface area contributed by atoms with Crippen molar-refractivity contribution in [3.63, 3.8) is 0 Å². The van der Waals surface area contributed by atoms with Gasteiger partial charge in [0.15, 0.2) is 5.78 Å². The Kier molecular flexibility index (Phi) is 8.11. The Hall–Kier alpha value is -5.05. The van der Waals surface area contributed by atoms with Crippen LogP contribution in [0.3, 0.4) is 0 Å². The third-order valence-electron chi connectivity index (χ3n) is 6.85. The molecule has 0 saturated carbocycles. The second-order valence-corrected chi connectivity index (χ2v) is 11.4. The largest absolute Gasteiger partial charge is 0.480 e. The molecule has 0 bridgehead atoms. The van der Waals surface area contributed by atoms with Gasteiger partial charge in [-0.2, -0.15) is 0 Å². The van der Waals surface area contributed by atoms with Crippen molar-refractivity contribution < 1.29 is 37.3 Å². The van der Waals surface area contributed by atoms with Crippen molar-refractivity contribution in [2.45, 2.75) is 24.3 Å². The van der Waals surface area contributed by atoms with E-state index >= 15 is 4.39 Å². The van der Waals surface area contributed by atoms with E-state index in [4.69, 9.17) is 6.11 Å².